The number of carbonyl (C=O) groups is 4. The molecule has 2 unspecified atom stereocenters. The second kappa shape index (κ2) is 30.4. The van der Waals surface area contributed by atoms with Gasteiger partial charge in [0.1, 0.15) is 17.5 Å². The molecular weight excluding hydrogens is 1590 g/mol. The molecule has 18 heterocycles. The van der Waals surface area contributed by atoms with E-state index in [1.807, 2.05) is 59.4 Å². The number of aromatic nitrogens is 8. The zero-order valence-corrected chi connectivity index (χ0v) is 74.4. The van der Waals surface area contributed by atoms with Gasteiger partial charge in [0.15, 0.2) is 0 Å². The first-order valence-electron chi connectivity index (χ1n) is 42.5. The highest BCUT2D eigenvalue weighted by Gasteiger charge is 2.53. The minimum Gasteiger partial charge on any atom is -0.380 e. The van der Waals surface area contributed by atoms with Gasteiger partial charge in [-0.15, -0.1) is 45.3 Å². The molecule has 22 rings (SSSR count). The van der Waals surface area contributed by atoms with Crippen molar-refractivity contribution in [2.45, 2.75) is 223 Å². The molecule has 8 aromatic heterocycles. The summed E-state index contributed by atoms with van der Waals surface area (Å²) in [7, 11) is -1.88. The van der Waals surface area contributed by atoms with Crippen LogP contribution in [0, 0.1) is 89.9 Å². The van der Waals surface area contributed by atoms with E-state index in [2.05, 4.69) is 102 Å². The van der Waals surface area contributed by atoms with Crippen LogP contribution in [0.25, 0.3) is 42.3 Å². The highest BCUT2D eigenvalue weighted by molar-refractivity contribution is 7.88. The Labute approximate surface area is 707 Å². The number of carbonyl (C=O) groups excluding carboxylic acids is 4. The van der Waals surface area contributed by atoms with E-state index in [1.54, 1.807) is 45.3 Å². The first-order chi connectivity index (χ1) is 56.4. The number of thiazole rings is 4. The fourth-order valence-corrected chi connectivity index (χ4v) is 23.7. The lowest BCUT2D eigenvalue weighted by atomic mass is 9.77. The Morgan fingerprint density at radius 2 is 0.805 bits per heavy atom. The average molecular weight is 1690 g/mol. The van der Waals surface area contributed by atoms with Crippen LogP contribution in [0.3, 0.4) is 0 Å². The highest BCUT2D eigenvalue weighted by atomic mass is 32.2. The summed E-state index contributed by atoms with van der Waals surface area (Å²) in [6.07, 6.45) is 14.5. The molecule has 0 aromatic carbocycles. The molecule has 10 aliphatic heterocycles. The molecule has 14 aliphatic rings. The number of ether oxygens (including phenoxy) is 3. The molecule has 118 heavy (non-hydrogen) atoms. The SMILES string of the molecule is Cc1nc(C)c(-c2cc3c(c(CN(C)S(C)(=O)=O)n2)C(=O)N([C@@H](C)C2CC2)C3)s1.Cc1nc(C)c(-c2cc3c(c(N4CC5(COC5)C4)n2)C(=O)N([C@@H](C)C2CC2)C3)s1.Cc1nc(C)c(-c2cc3c(c(N4CC5CC4CO5)n2)C(=O)N([C@@H](C)C2CC2)C3)s1.Cc1nc(C)c(-c2cc3c(c(N4CCC5(CC4)COC5)n2)C(=O)N([C@@H](C)C2CC2)C3)s1. The number of hydrogen-bond donors (Lipinski definition) is 0. The van der Waals surface area contributed by atoms with Crippen molar-refractivity contribution in [1.82, 2.24) is 63.8 Å². The van der Waals surface area contributed by atoms with E-state index >= 15 is 0 Å². The third kappa shape index (κ3) is 14.9. The van der Waals surface area contributed by atoms with Crippen molar-refractivity contribution >= 4 is 96.5 Å². The van der Waals surface area contributed by atoms with Crippen LogP contribution in [0.4, 0.5) is 17.5 Å². The Balaban J connectivity index is 0.000000105. The number of nitrogens with zero attached hydrogens (tertiary/aromatic N) is 16. The van der Waals surface area contributed by atoms with Gasteiger partial charge in [-0.3, -0.25) is 19.2 Å². The summed E-state index contributed by atoms with van der Waals surface area (Å²) in [5, 5.41) is 4.11. The lowest BCUT2D eigenvalue weighted by molar-refractivity contribution is -0.127. The number of piperidine rings is 1. The molecule has 0 radical (unpaired) electrons. The van der Waals surface area contributed by atoms with Crippen LogP contribution in [0.5, 0.6) is 0 Å². The Hall–Kier alpha value is -7.81. The number of aryl methyl sites for hydroxylation is 8. The number of morpholine rings is 1. The van der Waals surface area contributed by atoms with Crippen LogP contribution < -0.4 is 14.7 Å². The molecule has 10 fully saturated rings. The van der Waals surface area contributed by atoms with E-state index in [-0.39, 0.29) is 47.7 Å². The second-order valence-electron chi connectivity index (χ2n) is 36.6. The predicted octanol–water partition coefficient (Wildman–Crippen LogP) is 14.1. The van der Waals surface area contributed by atoms with Gasteiger partial charge >= 0.3 is 0 Å². The standard InChI is InChI=1S/C24H30N4O2S.2C22H26N4O2S.C20H26N4O3S2/c1-14-21(31-16(3)25-14)19-10-18-11-28(15(2)17-4-5-17)23(29)20(18)22(26-19)27-8-6-24(7-9-27)12-30-13-24;1-12-19(29-14(3)23-12)17-6-16-7-26(13(2)15-4-5-15)21(27)18(16)20(24-17)25-8-22(9-25)10-28-11-22;1-11-20(29-13(3)23-11)18-6-15-8-25(12(2)14-4-5-14)22(27)19(15)21(24-18)26-9-17-7-16(26)10-28-17;1-11-19(28-13(3)21-11)16-8-15-9-24(12(2)14-6-7-14)20(25)18(15)17(22-16)10-23(4)29(5,26)27/h10,15,17H,4-9,11-13H2,1-3H3;6,13,15H,4-5,7-11H2,1-3H3;6,12,14,16-17H,4-5,7-10H2,1-3H3;8,12,14H,6-7,9-10H2,1-5H3/t15-;13-;12-,16?,17?;12-/m0000/s1. The maximum absolute atomic E-state index is 13.6. The van der Waals surface area contributed by atoms with Crippen LogP contribution in [0.2, 0.25) is 0 Å². The maximum Gasteiger partial charge on any atom is 0.258 e. The Bertz CT molecular complexity index is 5500. The van der Waals surface area contributed by atoms with Crippen LogP contribution >= 0.6 is 45.3 Å². The van der Waals surface area contributed by atoms with E-state index in [1.165, 1.54) is 49.9 Å². The van der Waals surface area contributed by atoms with Gasteiger partial charge in [-0.25, -0.2) is 48.3 Å². The molecule has 8 aromatic rings. The smallest absolute Gasteiger partial charge is 0.258 e. The van der Waals surface area contributed by atoms with Gasteiger partial charge in [0, 0.05) is 95.5 Å². The van der Waals surface area contributed by atoms with Crippen molar-refractivity contribution in [3.05, 3.63) is 117 Å². The minimum absolute atomic E-state index is 0.0347. The number of rotatable bonds is 18. The van der Waals surface area contributed by atoms with Gasteiger partial charge in [-0.2, -0.15) is 4.31 Å². The number of pyridine rings is 4. The number of hydrogen-bond acceptors (Lipinski definition) is 24. The molecule has 624 valence electrons. The van der Waals surface area contributed by atoms with Crippen LogP contribution in [-0.4, -0.2) is 211 Å². The topological polar surface area (TPSA) is 259 Å². The minimum atomic E-state index is -3.39. The molecular formula is C88H108N16O9S5. The van der Waals surface area contributed by atoms with Gasteiger partial charge in [0.25, 0.3) is 23.6 Å². The summed E-state index contributed by atoms with van der Waals surface area (Å²) < 4.78 is 42.0. The Morgan fingerprint density at radius 1 is 0.466 bits per heavy atom. The normalized spacial score (nSPS) is 22.7. The van der Waals surface area contributed by atoms with Gasteiger partial charge in [-0.05, 0) is 224 Å². The predicted molar refractivity (Wildman–Crippen MR) is 459 cm³/mol. The number of anilines is 3. The van der Waals surface area contributed by atoms with Gasteiger partial charge in [0.05, 0.1) is 176 Å². The van der Waals surface area contributed by atoms with Crippen LogP contribution in [-0.2, 0) is 57.0 Å². The Morgan fingerprint density at radius 3 is 1.12 bits per heavy atom. The number of fused-ring (bicyclic) bond motifs is 6. The second-order valence-corrected chi connectivity index (χ2v) is 43.5. The van der Waals surface area contributed by atoms with Gasteiger partial charge < -0.3 is 48.5 Å². The van der Waals surface area contributed by atoms with Crippen molar-refractivity contribution in [2.24, 2.45) is 34.5 Å². The van der Waals surface area contributed by atoms with Gasteiger partial charge in [-0.1, -0.05) is 0 Å². The van der Waals surface area contributed by atoms with Crippen molar-refractivity contribution in [2.75, 3.05) is 93.8 Å². The first-order valence-corrected chi connectivity index (χ1v) is 47.7. The monoisotopic (exact) mass is 1690 g/mol. The van der Waals surface area contributed by atoms with Crippen molar-refractivity contribution in [3.8, 4) is 42.3 Å². The first kappa shape index (κ1) is 79.9. The molecule has 0 N–H and O–H groups in total. The van der Waals surface area contributed by atoms with E-state index < -0.39 is 10.0 Å². The zero-order valence-electron chi connectivity index (χ0n) is 70.3. The van der Waals surface area contributed by atoms with E-state index in [9.17, 15) is 27.6 Å². The summed E-state index contributed by atoms with van der Waals surface area (Å²) in [4.78, 5) is 112. The fourth-order valence-electron chi connectivity index (χ4n) is 19.8. The maximum atomic E-state index is 13.6. The van der Waals surface area contributed by atoms with Crippen molar-refractivity contribution in [1.29, 1.82) is 0 Å². The highest BCUT2D eigenvalue weighted by Crippen LogP contribution is 2.51. The third-order valence-corrected chi connectivity index (χ3v) is 33.3. The molecule has 30 heteroatoms. The number of amides is 4. The molecule has 6 atom stereocenters. The molecule has 4 saturated carbocycles. The van der Waals surface area contributed by atoms with Gasteiger partial charge in [0.2, 0.25) is 10.0 Å². The fraction of sp³-hybridized carbons (Fsp3) is 0.591. The summed E-state index contributed by atoms with van der Waals surface area (Å²) in [6, 6.07) is 9.85. The van der Waals surface area contributed by atoms with Crippen molar-refractivity contribution in [3.63, 3.8) is 0 Å². The van der Waals surface area contributed by atoms with E-state index in [0.717, 1.165) is 246 Å². The summed E-state index contributed by atoms with van der Waals surface area (Å²) in [5.41, 5.74) is 16.1. The molecule has 6 saturated heterocycles. The van der Waals surface area contributed by atoms with Crippen molar-refractivity contribution < 1.29 is 41.8 Å². The molecule has 4 aliphatic carbocycles. The lowest BCUT2D eigenvalue weighted by Gasteiger charge is -2.55. The average Bonchev–Trinajstić information content (AvgIpc) is 1.29. The largest absolute Gasteiger partial charge is 0.380 e. The van der Waals surface area contributed by atoms with E-state index in [4.69, 9.17) is 34.1 Å². The van der Waals surface area contributed by atoms with Crippen LogP contribution in [0.15, 0.2) is 24.3 Å². The zero-order chi connectivity index (χ0) is 82.2. The summed E-state index contributed by atoms with van der Waals surface area (Å²) in [5.74, 6) is 5.64. The van der Waals surface area contributed by atoms with E-state index in [0.29, 0.717) is 90.7 Å². The summed E-state index contributed by atoms with van der Waals surface area (Å²) >= 11 is 6.63. The molecule has 2 bridgehead atoms. The lowest BCUT2D eigenvalue weighted by Crippen LogP contribution is -2.66. The Kier molecular flexibility index (Phi) is 20.6. The number of sulfonamides is 1. The molecule has 25 nitrogen and oxygen atoms in total. The third-order valence-electron chi connectivity index (χ3n) is 27.6. The quantitative estimate of drug-likeness (QED) is 0.0773. The summed E-state index contributed by atoms with van der Waals surface area (Å²) in [6.45, 7) is 36.4. The molecule has 4 amide bonds. The van der Waals surface area contributed by atoms with Crippen LogP contribution in [0.1, 0.15) is 211 Å². The molecule has 2 spiro atoms.